The van der Waals surface area contributed by atoms with Gasteiger partial charge in [0.25, 0.3) is 0 Å². The normalized spacial score (nSPS) is 19.5. The van der Waals surface area contributed by atoms with Gasteiger partial charge in [-0.25, -0.2) is 13.2 Å². The Morgan fingerprint density at radius 2 is 1.95 bits per heavy atom. The molecule has 22 heavy (non-hydrogen) atoms. The summed E-state index contributed by atoms with van der Waals surface area (Å²) in [6.45, 7) is 0. The zero-order chi connectivity index (χ0) is 16.0. The molecule has 120 valence electrons. The topological polar surface area (TPSA) is 92.3 Å². The monoisotopic (exact) mass is 342 g/mol. The summed E-state index contributed by atoms with van der Waals surface area (Å²) in [4.78, 5) is 23.2. The van der Waals surface area contributed by atoms with Crippen LogP contribution in [0.2, 0.25) is 0 Å². The van der Waals surface area contributed by atoms with E-state index < -0.39 is 21.9 Å². The van der Waals surface area contributed by atoms with E-state index in [0.29, 0.717) is 12.2 Å². The van der Waals surface area contributed by atoms with Crippen LogP contribution in [0.4, 0.5) is 4.79 Å². The van der Waals surface area contributed by atoms with Gasteiger partial charge in [0.05, 0.1) is 17.3 Å². The number of urea groups is 1. The Hall–Kier alpha value is -1.54. The predicted octanol–water partition coefficient (Wildman–Crippen LogP) is 0.933. The second-order valence-electron chi connectivity index (χ2n) is 5.10. The van der Waals surface area contributed by atoms with Gasteiger partial charge in [0.15, 0.2) is 9.84 Å². The Morgan fingerprint density at radius 1 is 1.23 bits per heavy atom. The summed E-state index contributed by atoms with van der Waals surface area (Å²) in [5.41, 5.74) is 1.11. The smallest absolute Gasteiger partial charge is 0.321 e. The Kier molecular flexibility index (Phi) is 5.84. The van der Waals surface area contributed by atoms with E-state index in [2.05, 4.69) is 10.6 Å². The third kappa shape index (κ3) is 5.69. The molecular weight excluding hydrogens is 324 g/mol. The van der Waals surface area contributed by atoms with E-state index in [1.54, 1.807) is 0 Å². The first-order chi connectivity index (χ1) is 10.4. The van der Waals surface area contributed by atoms with Crippen molar-refractivity contribution in [3.63, 3.8) is 0 Å². The summed E-state index contributed by atoms with van der Waals surface area (Å²) in [5.74, 6) is 0.498. The highest BCUT2D eigenvalue weighted by Crippen LogP contribution is 2.12. The van der Waals surface area contributed by atoms with Gasteiger partial charge in [0.2, 0.25) is 5.91 Å². The van der Waals surface area contributed by atoms with Crippen LogP contribution in [0.5, 0.6) is 0 Å². The molecule has 0 aliphatic carbocycles. The quantitative estimate of drug-likeness (QED) is 0.830. The average Bonchev–Trinajstić information content (AvgIpc) is 2.78. The summed E-state index contributed by atoms with van der Waals surface area (Å²) < 4.78 is 22.6. The number of carbonyl (C=O) groups excluding carboxylic acids is 2. The maximum absolute atomic E-state index is 11.6. The molecule has 1 aliphatic rings. The molecule has 0 radical (unpaired) electrons. The minimum atomic E-state index is -3.05. The molecule has 0 spiro atoms. The van der Waals surface area contributed by atoms with Gasteiger partial charge in [-0.2, -0.15) is 0 Å². The molecule has 0 bridgehead atoms. The molecule has 2 rings (SSSR count). The summed E-state index contributed by atoms with van der Waals surface area (Å²) >= 11 is 1.41. The third-order valence-electron chi connectivity index (χ3n) is 3.17. The van der Waals surface area contributed by atoms with E-state index in [0.717, 1.165) is 5.56 Å². The van der Waals surface area contributed by atoms with E-state index in [9.17, 15) is 18.0 Å². The van der Waals surface area contributed by atoms with Crippen LogP contribution < -0.4 is 10.6 Å². The first-order valence-electron chi connectivity index (χ1n) is 6.87. The Morgan fingerprint density at radius 3 is 2.59 bits per heavy atom. The molecule has 8 heteroatoms. The first-order valence-corrected chi connectivity index (χ1v) is 9.85. The Bertz CT molecular complexity index is 632. The molecule has 6 nitrogen and oxygen atoms in total. The number of rotatable bonds is 5. The highest BCUT2D eigenvalue weighted by molar-refractivity contribution is 7.99. The van der Waals surface area contributed by atoms with Crippen molar-refractivity contribution in [2.45, 2.75) is 18.2 Å². The molecule has 3 amide bonds. The second-order valence-corrected chi connectivity index (χ2v) is 8.31. The number of hydrogen-bond acceptors (Lipinski definition) is 5. The molecule has 0 aromatic heterocycles. The lowest BCUT2D eigenvalue weighted by molar-refractivity contribution is -0.117. The molecule has 1 atom stereocenters. The highest BCUT2D eigenvalue weighted by Gasteiger charge is 2.29. The summed E-state index contributed by atoms with van der Waals surface area (Å²) in [5, 5.41) is 4.73. The van der Waals surface area contributed by atoms with Crippen molar-refractivity contribution in [3.05, 3.63) is 35.9 Å². The van der Waals surface area contributed by atoms with Crippen molar-refractivity contribution in [1.29, 1.82) is 0 Å². The lowest BCUT2D eigenvalue weighted by atomic mass is 10.2. The van der Waals surface area contributed by atoms with Crippen LogP contribution >= 0.6 is 11.8 Å². The van der Waals surface area contributed by atoms with E-state index in [4.69, 9.17) is 0 Å². The molecule has 1 aliphatic heterocycles. The van der Waals surface area contributed by atoms with Gasteiger partial charge in [-0.1, -0.05) is 30.3 Å². The molecule has 1 fully saturated rings. The molecule has 1 aromatic carbocycles. The summed E-state index contributed by atoms with van der Waals surface area (Å²) in [7, 11) is -3.05. The average molecular weight is 342 g/mol. The molecule has 2 N–H and O–H groups in total. The second kappa shape index (κ2) is 7.64. The predicted molar refractivity (Wildman–Crippen MR) is 86.3 cm³/mol. The van der Waals surface area contributed by atoms with Crippen molar-refractivity contribution in [1.82, 2.24) is 10.6 Å². The first kappa shape index (κ1) is 16.8. The maximum atomic E-state index is 11.6. The van der Waals surface area contributed by atoms with Gasteiger partial charge >= 0.3 is 6.03 Å². The van der Waals surface area contributed by atoms with Crippen LogP contribution in [-0.4, -0.2) is 43.7 Å². The highest BCUT2D eigenvalue weighted by atomic mass is 32.2. The van der Waals surface area contributed by atoms with Gasteiger partial charge in [0.1, 0.15) is 0 Å². The van der Waals surface area contributed by atoms with Crippen molar-refractivity contribution < 1.29 is 18.0 Å². The maximum Gasteiger partial charge on any atom is 0.321 e. The number of amides is 3. The minimum Gasteiger partial charge on any atom is -0.334 e. The van der Waals surface area contributed by atoms with Gasteiger partial charge in [-0.15, -0.1) is 11.8 Å². The van der Waals surface area contributed by atoms with E-state index in [1.807, 2.05) is 30.3 Å². The van der Waals surface area contributed by atoms with Crippen LogP contribution in [0.15, 0.2) is 30.3 Å². The molecule has 1 saturated heterocycles. The molecule has 1 aromatic rings. The lowest BCUT2D eigenvalue weighted by Crippen LogP contribution is -2.45. The summed E-state index contributed by atoms with van der Waals surface area (Å²) in [6, 6.07) is 8.69. The minimum absolute atomic E-state index is 0.0582. The number of imide groups is 1. The van der Waals surface area contributed by atoms with Crippen molar-refractivity contribution in [3.8, 4) is 0 Å². The molecule has 1 unspecified atom stereocenters. The zero-order valence-corrected chi connectivity index (χ0v) is 13.6. The number of sulfone groups is 1. The number of hydrogen-bond donors (Lipinski definition) is 2. The zero-order valence-electron chi connectivity index (χ0n) is 11.9. The fourth-order valence-electron chi connectivity index (χ4n) is 2.13. The van der Waals surface area contributed by atoms with Crippen LogP contribution in [-0.2, 0) is 20.4 Å². The number of carbonyl (C=O) groups is 2. The van der Waals surface area contributed by atoms with E-state index in [-0.39, 0.29) is 23.2 Å². The van der Waals surface area contributed by atoms with E-state index >= 15 is 0 Å². The molecule has 0 saturated carbocycles. The summed E-state index contributed by atoms with van der Waals surface area (Å²) in [6.07, 6.45) is 0.396. The van der Waals surface area contributed by atoms with Gasteiger partial charge < -0.3 is 5.32 Å². The number of thioether (sulfide) groups is 1. The largest absolute Gasteiger partial charge is 0.334 e. The van der Waals surface area contributed by atoms with Crippen LogP contribution in [0.3, 0.4) is 0 Å². The number of nitrogens with one attached hydrogen (secondary N) is 2. The van der Waals surface area contributed by atoms with Gasteiger partial charge in [-0.05, 0) is 12.0 Å². The van der Waals surface area contributed by atoms with Gasteiger partial charge in [-0.3, -0.25) is 10.1 Å². The SMILES string of the molecule is O=C(CSCc1ccccc1)NC(=O)NC1CCS(=O)(=O)C1. The fraction of sp³-hybridized carbons (Fsp3) is 0.429. The third-order valence-corrected chi connectivity index (χ3v) is 5.94. The standard InChI is InChI=1S/C14H18N2O4S2/c17-13(9-21-8-11-4-2-1-3-5-11)16-14(18)15-12-6-7-22(19,20)10-12/h1-5,12H,6-10H2,(H2,15,16,17,18). The fourth-order valence-corrected chi connectivity index (χ4v) is 4.59. The number of benzene rings is 1. The molecule has 1 heterocycles. The Labute approximate surface area is 134 Å². The van der Waals surface area contributed by atoms with Crippen molar-refractivity contribution >= 4 is 33.5 Å². The lowest BCUT2D eigenvalue weighted by Gasteiger charge is -2.11. The van der Waals surface area contributed by atoms with Crippen molar-refractivity contribution in [2.24, 2.45) is 0 Å². The van der Waals surface area contributed by atoms with E-state index in [1.165, 1.54) is 11.8 Å². The van der Waals surface area contributed by atoms with Crippen LogP contribution in [0.1, 0.15) is 12.0 Å². The van der Waals surface area contributed by atoms with Crippen molar-refractivity contribution in [2.75, 3.05) is 17.3 Å². The molecular formula is C14H18N2O4S2. The van der Waals surface area contributed by atoms with Gasteiger partial charge in [0, 0.05) is 11.8 Å². The Balaban J connectivity index is 1.65. The van der Waals surface area contributed by atoms with Crippen LogP contribution in [0, 0.1) is 0 Å². The van der Waals surface area contributed by atoms with Crippen LogP contribution in [0.25, 0.3) is 0 Å².